The Balaban J connectivity index is 2.23. The highest BCUT2D eigenvalue weighted by Crippen LogP contribution is 2.58. The number of esters is 1. The molecule has 3 rings (SSSR count). The smallest absolute Gasteiger partial charge is 0.305 e. The number of nitrogens with two attached hydrogens (primary N) is 1. The standard InChI is InChI=1S/C18H18FN5O7/c1-3-17(5-12(28)29)10(4-11(26)27)18(19,6-30-9(2)25)31-16(17)24-8-23-13-14(20)21-7-22-15(13)24/h1,7-8,10,16H,4-6H2,2H3,(H,26,27)(H,28,29)(H2,20,21,22)/t10-,16+,17+,18-/m0/s1. The number of nitrogens with zero attached hydrogens (tertiary/aromatic N) is 4. The van der Waals surface area contributed by atoms with E-state index < -0.39 is 60.8 Å². The van der Waals surface area contributed by atoms with Crippen LogP contribution in [0.1, 0.15) is 26.0 Å². The van der Waals surface area contributed by atoms with Crippen LogP contribution in [-0.4, -0.2) is 60.1 Å². The number of hydrogen-bond donors (Lipinski definition) is 3. The molecule has 1 fully saturated rings. The second-order valence-corrected chi connectivity index (χ2v) is 7.03. The SMILES string of the molecule is C#C[C@]1(CC(=O)O)[C@H](n2cnc3c(N)ncnc32)O[C@@](F)(COC(C)=O)[C@H]1CC(=O)O. The number of rotatable bonds is 7. The van der Waals surface area contributed by atoms with Crippen LogP contribution in [0.25, 0.3) is 11.2 Å². The Morgan fingerprint density at radius 1 is 1.35 bits per heavy atom. The van der Waals surface area contributed by atoms with Gasteiger partial charge in [0.15, 0.2) is 24.3 Å². The number of ether oxygens (including phenoxy) is 2. The van der Waals surface area contributed by atoms with E-state index in [9.17, 15) is 24.6 Å². The molecular formula is C18H18FN5O7. The summed E-state index contributed by atoms with van der Waals surface area (Å²) in [7, 11) is 0. The number of halogens is 1. The monoisotopic (exact) mass is 435 g/mol. The molecule has 0 radical (unpaired) electrons. The minimum atomic E-state index is -2.91. The number of imidazole rings is 1. The van der Waals surface area contributed by atoms with Crippen molar-refractivity contribution in [2.24, 2.45) is 11.3 Å². The fourth-order valence-corrected chi connectivity index (χ4v) is 3.80. The number of aliphatic carboxylic acids is 2. The first-order chi connectivity index (χ1) is 14.5. The summed E-state index contributed by atoms with van der Waals surface area (Å²) in [5, 5.41) is 18.9. The summed E-state index contributed by atoms with van der Waals surface area (Å²) in [6, 6.07) is 0. The Bertz CT molecular complexity index is 1100. The Labute approximate surface area is 174 Å². The summed E-state index contributed by atoms with van der Waals surface area (Å²) in [6.07, 6.45) is 4.64. The fourth-order valence-electron chi connectivity index (χ4n) is 3.80. The molecule has 4 N–H and O–H groups in total. The Morgan fingerprint density at radius 3 is 2.65 bits per heavy atom. The third-order valence-corrected chi connectivity index (χ3v) is 5.09. The summed E-state index contributed by atoms with van der Waals surface area (Å²) in [6.45, 7) is 0.0281. The highest BCUT2D eigenvalue weighted by atomic mass is 19.2. The summed E-state index contributed by atoms with van der Waals surface area (Å²) < 4.78 is 27.4. The van der Waals surface area contributed by atoms with Gasteiger partial charge in [0.1, 0.15) is 11.8 Å². The van der Waals surface area contributed by atoms with Crippen molar-refractivity contribution in [3.8, 4) is 12.3 Å². The second-order valence-electron chi connectivity index (χ2n) is 7.03. The molecule has 0 saturated carbocycles. The van der Waals surface area contributed by atoms with Crippen LogP contribution < -0.4 is 5.73 Å². The van der Waals surface area contributed by atoms with Gasteiger partial charge in [0, 0.05) is 6.92 Å². The maximum atomic E-state index is 16.0. The van der Waals surface area contributed by atoms with E-state index in [1.807, 2.05) is 0 Å². The van der Waals surface area contributed by atoms with E-state index in [-0.39, 0.29) is 17.0 Å². The molecule has 4 atom stereocenters. The molecule has 2 aromatic heterocycles. The molecule has 12 nitrogen and oxygen atoms in total. The summed E-state index contributed by atoms with van der Waals surface area (Å²) in [5.41, 5.74) is 3.94. The molecular weight excluding hydrogens is 417 g/mol. The summed E-state index contributed by atoms with van der Waals surface area (Å²) >= 11 is 0. The van der Waals surface area contributed by atoms with E-state index >= 15 is 4.39 Å². The zero-order valence-corrected chi connectivity index (χ0v) is 16.2. The molecule has 1 aliphatic heterocycles. The van der Waals surface area contributed by atoms with Gasteiger partial charge in [-0.1, -0.05) is 5.92 Å². The minimum absolute atomic E-state index is 0.000185. The van der Waals surface area contributed by atoms with Gasteiger partial charge >= 0.3 is 17.9 Å². The molecule has 0 unspecified atom stereocenters. The first-order valence-corrected chi connectivity index (χ1v) is 8.88. The number of fused-ring (bicyclic) bond motifs is 1. The van der Waals surface area contributed by atoms with Gasteiger partial charge in [-0.15, -0.1) is 6.42 Å². The van der Waals surface area contributed by atoms with Crippen LogP contribution in [0.5, 0.6) is 0 Å². The number of aromatic nitrogens is 4. The lowest BCUT2D eigenvalue weighted by Crippen LogP contribution is -2.43. The van der Waals surface area contributed by atoms with Crippen molar-refractivity contribution in [1.29, 1.82) is 0 Å². The normalized spacial score (nSPS) is 27.6. The zero-order chi connectivity index (χ0) is 23.0. The van der Waals surface area contributed by atoms with Crippen LogP contribution in [0, 0.1) is 23.7 Å². The van der Waals surface area contributed by atoms with Crippen molar-refractivity contribution in [1.82, 2.24) is 19.5 Å². The third-order valence-electron chi connectivity index (χ3n) is 5.09. The van der Waals surface area contributed by atoms with Gasteiger partial charge in [-0.2, -0.15) is 0 Å². The maximum Gasteiger partial charge on any atom is 0.305 e. The number of carboxylic acids is 2. The van der Waals surface area contributed by atoms with Crippen molar-refractivity contribution in [3.05, 3.63) is 12.7 Å². The van der Waals surface area contributed by atoms with Gasteiger partial charge < -0.3 is 25.4 Å². The predicted molar refractivity (Wildman–Crippen MR) is 99.6 cm³/mol. The molecule has 0 aromatic carbocycles. The maximum absolute atomic E-state index is 16.0. The zero-order valence-electron chi connectivity index (χ0n) is 16.2. The number of nitrogen functional groups attached to an aromatic ring is 1. The van der Waals surface area contributed by atoms with Gasteiger partial charge in [-0.25, -0.2) is 19.3 Å². The largest absolute Gasteiger partial charge is 0.481 e. The van der Waals surface area contributed by atoms with Gasteiger partial charge in [-0.3, -0.25) is 19.0 Å². The lowest BCUT2D eigenvalue weighted by atomic mass is 9.69. The molecule has 2 aromatic rings. The molecule has 0 bridgehead atoms. The van der Waals surface area contributed by atoms with Crippen molar-refractivity contribution < 1.29 is 38.5 Å². The number of terminal acetylenes is 1. The number of carboxylic acid groups (broad SMARTS) is 2. The van der Waals surface area contributed by atoms with Crippen molar-refractivity contribution >= 4 is 34.9 Å². The topological polar surface area (TPSA) is 180 Å². The van der Waals surface area contributed by atoms with Crippen LogP contribution in [0.15, 0.2) is 12.7 Å². The number of carbonyl (C=O) groups is 3. The molecule has 164 valence electrons. The number of carbonyl (C=O) groups excluding carboxylic acids is 1. The summed E-state index contributed by atoms with van der Waals surface area (Å²) in [5.74, 6) is -6.08. The molecule has 3 heterocycles. The highest BCUT2D eigenvalue weighted by Gasteiger charge is 2.66. The molecule has 1 aliphatic rings. The molecule has 31 heavy (non-hydrogen) atoms. The first-order valence-electron chi connectivity index (χ1n) is 8.88. The highest BCUT2D eigenvalue weighted by molar-refractivity contribution is 5.81. The number of alkyl halides is 1. The van der Waals surface area contributed by atoms with Crippen LogP contribution in [0.3, 0.4) is 0 Å². The van der Waals surface area contributed by atoms with Gasteiger partial charge in [0.2, 0.25) is 0 Å². The second kappa shape index (κ2) is 7.80. The van der Waals surface area contributed by atoms with Crippen LogP contribution in [-0.2, 0) is 23.9 Å². The quantitative estimate of drug-likeness (QED) is 0.403. The first kappa shape index (κ1) is 21.9. The molecule has 0 aliphatic carbocycles. The Morgan fingerprint density at radius 2 is 2.06 bits per heavy atom. The summed E-state index contributed by atoms with van der Waals surface area (Å²) in [4.78, 5) is 46.3. The van der Waals surface area contributed by atoms with Crippen LogP contribution in [0.2, 0.25) is 0 Å². The van der Waals surface area contributed by atoms with Crippen molar-refractivity contribution in [2.75, 3.05) is 12.3 Å². The van der Waals surface area contributed by atoms with Gasteiger partial charge in [-0.05, 0) is 0 Å². The molecule has 1 saturated heterocycles. The minimum Gasteiger partial charge on any atom is -0.481 e. The number of anilines is 1. The third kappa shape index (κ3) is 3.73. The predicted octanol–water partition coefficient (Wildman–Crippen LogP) is 0.351. The fraction of sp³-hybridized carbons (Fsp3) is 0.444. The van der Waals surface area contributed by atoms with E-state index in [0.717, 1.165) is 19.6 Å². The van der Waals surface area contributed by atoms with E-state index in [1.165, 1.54) is 4.57 Å². The Kier molecular flexibility index (Phi) is 5.51. The lowest BCUT2D eigenvalue weighted by molar-refractivity contribution is -0.206. The molecule has 0 amide bonds. The Hall–Kier alpha value is -3.79. The van der Waals surface area contributed by atoms with E-state index in [4.69, 9.17) is 21.6 Å². The number of hydrogen-bond acceptors (Lipinski definition) is 9. The van der Waals surface area contributed by atoms with Crippen molar-refractivity contribution in [2.45, 2.75) is 31.8 Å². The average molecular weight is 435 g/mol. The average Bonchev–Trinajstić information content (AvgIpc) is 3.20. The molecule has 13 heteroatoms. The molecule has 0 spiro atoms. The van der Waals surface area contributed by atoms with E-state index in [2.05, 4.69) is 20.9 Å². The van der Waals surface area contributed by atoms with Crippen LogP contribution >= 0.6 is 0 Å². The van der Waals surface area contributed by atoms with Crippen molar-refractivity contribution in [3.63, 3.8) is 0 Å². The van der Waals surface area contributed by atoms with E-state index in [1.54, 1.807) is 0 Å². The van der Waals surface area contributed by atoms with Gasteiger partial charge in [0.25, 0.3) is 5.85 Å². The van der Waals surface area contributed by atoms with Crippen LogP contribution in [0.4, 0.5) is 10.2 Å². The van der Waals surface area contributed by atoms with E-state index in [0.29, 0.717) is 0 Å². The van der Waals surface area contributed by atoms with Gasteiger partial charge in [0.05, 0.1) is 30.5 Å². The lowest BCUT2D eigenvalue weighted by Gasteiger charge is -2.33.